The minimum absolute atomic E-state index is 0.847. The summed E-state index contributed by atoms with van der Waals surface area (Å²) < 4.78 is 74.9. The Labute approximate surface area is 520 Å². The highest BCUT2D eigenvalue weighted by Gasteiger charge is 2.62. The molecule has 7 fully saturated rings. The molecule has 0 aliphatic carbocycles. The Kier molecular flexibility index (Phi) is 26.6. The van der Waals surface area contributed by atoms with Gasteiger partial charge in [-0.15, -0.1) is 0 Å². The summed E-state index contributed by atoms with van der Waals surface area (Å²) in [6.07, 6.45) is -65.6. The molecular weight excluding hydrogens is 1260 g/mol. The molecule has 0 aromatic heterocycles. The summed E-state index contributed by atoms with van der Waals surface area (Å²) in [6, 6.07) is -5.40. The van der Waals surface area contributed by atoms with Crippen LogP contribution in [0.4, 0.5) is 0 Å². The number of aliphatic carboxylic acids is 1. The molecule has 7 rings (SSSR count). The van der Waals surface area contributed by atoms with E-state index in [2.05, 4.69) is 16.0 Å². The maximum Gasteiger partial charge on any atom is 0.364 e. The average Bonchev–Trinajstić information content (AvgIpc) is 0.775. The van der Waals surface area contributed by atoms with Crippen molar-refractivity contribution in [1.29, 1.82) is 0 Å². The van der Waals surface area contributed by atoms with E-state index in [0.29, 0.717) is 0 Å². The molecule has 1 unspecified atom stereocenters. The summed E-state index contributed by atoms with van der Waals surface area (Å²) >= 11 is 0. The van der Waals surface area contributed by atoms with E-state index < -0.39 is 290 Å². The average molecular weight is 1350 g/mol. The Morgan fingerprint density at radius 1 is 0.467 bits per heavy atom. The largest absolute Gasteiger partial charge is 0.477 e. The van der Waals surface area contributed by atoms with Crippen LogP contribution in [0.2, 0.25) is 0 Å². The predicted molar refractivity (Wildman–Crippen MR) is 282 cm³/mol. The van der Waals surface area contributed by atoms with E-state index >= 15 is 0 Å². The first-order valence-corrected chi connectivity index (χ1v) is 29.1. The van der Waals surface area contributed by atoms with Crippen LogP contribution in [-0.4, -0.2) is 391 Å². The molecule has 36 atom stereocenters. The normalized spacial score (nSPS) is 47.6. The third-order valence-electron chi connectivity index (χ3n) is 16.7. The van der Waals surface area contributed by atoms with Gasteiger partial charge in [-0.2, -0.15) is 0 Å². The number of nitrogens with one attached hydrogen (secondary N) is 3. The van der Waals surface area contributed by atoms with Gasteiger partial charge in [0.2, 0.25) is 17.7 Å². The lowest BCUT2D eigenvalue weighted by molar-refractivity contribution is -0.393. The molecule has 24 N–H and O–H groups in total. The number of hydrogen-bond donors (Lipinski definition) is 24. The van der Waals surface area contributed by atoms with E-state index in [4.69, 9.17) is 61.6 Å². The second-order valence-corrected chi connectivity index (χ2v) is 23.2. The molecule has 92 heavy (non-hydrogen) atoms. The van der Waals surface area contributed by atoms with E-state index in [1.54, 1.807) is 0 Å². The molecule has 7 aliphatic heterocycles. The maximum atomic E-state index is 13.2. The van der Waals surface area contributed by atoms with Gasteiger partial charge in [-0.05, 0) is 6.92 Å². The van der Waals surface area contributed by atoms with Crippen molar-refractivity contribution in [3.63, 3.8) is 0 Å². The first kappa shape index (κ1) is 75.9. The topological polar surface area (TPSA) is 649 Å². The van der Waals surface area contributed by atoms with Gasteiger partial charge in [0.25, 0.3) is 5.79 Å². The zero-order valence-corrected chi connectivity index (χ0v) is 49.5. The molecular formula is C51H85N3O38. The van der Waals surface area contributed by atoms with Gasteiger partial charge in [0.05, 0.1) is 57.9 Å². The van der Waals surface area contributed by atoms with E-state index in [9.17, 15) is 126 Å². The summed E-state index contributed by atoms with van der Waals surface area (Å²) in [5.41, 5.74) is 0. The Hall–Kier alpha value is -3.44. The lowest BCUT2D eigenvalue weighted by Gasteiger charge is -2.51. The van der Waals surface area contributed by atoms with Crippen LogP contribution >= 0.6 is 0 Å². The fourth-order valence-electron chi connectivity index (χ4n) is 11.7. The molecule has 7 heterocycles. The predicted octanol–water partition coefficient (Wildman–Crippen LogP) is -15.6. The third-order valence-corrected chi connectivity index (χ3v) is 16.7. The maximum absolute atomic E-state index is 13.2. The molecule has 0 radical (unpaired) electrons. The molecule has 41 nitrogen and oxygen atoms in total. The van der Waals surface area contributed by atoms with Gasteiger partial charge < -0.3 is 185 Å². The number of ether oxygens (including phenoxy) is 13. The molecule has 7 aliphatic rings. The molecule has 7 saturated heterocycles. The van der Waals surface area contributed by atoms with Gasteiger partial charge in [-0.1, -0.05) is 0 Å². The highest BCUT2D eigenvalue weighted by molar-refractivity contribution is 5.77. The number of carbonyl (C=O) groups excluding carboxylic acids is 3. The Morgan fingerprint density at radius 2 is 0.935 bits per heavy atom. The SMILES string of the molecule is CC(=O)N[C@H]1[C@H](OC[C@H]2O[C@@H](O[C@H]3[C@H](O)[C@@H](CO)O[C@@H](O[C@H]4[C@@H](O)[C@@H](CO)O[C@H](O[C@@H]5C(O)O[C@@H](C)[C@@H](O)[C@H]5O)[C@@H]4O)[C@@H]3NC(C)=O)[C@H](O)[C@@H](O)[C@H]2O)O[C@H](CO)[C@@H](O[C@@H]2O[C@H](CO)[C@H](O)[C@H](O)[C@H]2O[C@]2(C(=O)O)C[C@H](O)[C@@H](NC(C)=O)[C@H]([C@H](O)[C@H](O)CO)O2)[C@@H]1O. The highest BCUT2D eigenvalue weighted by Crippen LogP contribution is 2.40. The number of hydrogen-bond acceptors (Lipinski definition) is 37. The zero-order chi connectivity index (χ0) is 68.3. The quantitative estimate of drug-likeness (QED) is 0.0427. The van der Waals surface area contributed by atoms with Gasteiger partial charge in [0.15, 0.2) is 37.7 Å². The van der Waals surface area contributed by atoms with Crippen molar-refractivity contribution in [2.45, 2.75) is 254 Å². The second kappa shape index (κ2) is 32.3. The fourth-order valence-corrected chi connectivity index (χ4v) is 11.7. The van der Waals surface area contributed by atoms with Gasteiger partial charge in [0, 0.05) is 27.2 Å². The summed E-state index contributed by atoms with van der Waals surface area (Å²) in [4.78, 5) is 50.9. The Bertz CT molecular complexity index is 2400. The standard InChI is InChI=1S/C51H85N3O38/c1-12-26(65)34(73)42(44(77)81-12)90-48-37(76)41(31(70)20(9-58)83-48)89-46-25(54-15(4)62)39(30(69)19(8-57)82-46)88-47-36(75)33(72)29(68)22(86-47)11-80-45-24(53-14(3)61)32(71)38(21(10-59)85-45)87-49-43(35(74)28(67)18(7-56)84-49)92-51(50(78)79)5-16(63)23(52-13(2)60)40(91-51)27(66)17(64)6-55/h12,16-49,55-59,63-77H,5-11H2,1-4H3,(H,52,60)(H,53,61)(H,54,62)(H,78,79)/t12-,16-,17+,18+,19+,20+,21+,22+,23+,24+,25+,26+,27+,28-,29-,30+,31-,32+,33-,34+,35-,36+,37+,38+,39+,40+,41-,42-,43+,44?,45+,46-,47-,48+,49-,51-/m0/s1. The lowest BCUT2D eigenvalue weighted by Crippen LogP contribution is -2.71. The highest BCUT2D eigenvalue weighted by atomic mass is 16.8. The smallest absolute Gasteiger partial charge is 0.364 e. The molecule has 3 amide bonds. The Morgan fingerprint density at radius 3 is 1.51 bits per heavy atom. The monoisotopic (exact) mass is 1350 g/mol. The second-order valence-electron chi connectivity index (χ2n) is 23.2. The number of carboxylic acids is 1. The van der Waals surface area contributed by atoms with Crippen LogP contribution < -0.4 is 16.0 Å². The summed E-state index contributed by atoms with van der Waals surface area (Å²) in [5.74, 6) is -8.04. The number of carboxylic acid groups (broad SMARTS) is 1. The van der Waals surface area contributed by atoms with Crippen molar-refractivity contribution >= 4 is 23.7 Å². The van der Waals surface area contributed by atoms with Crippen LogP contribution in [0, 0.1) is 0 Å². The van der Waals surface area contributed by atoms with Gasteiger partial charge in [-0.3, -0.25) is 14.4 Å². The number of carbonyl (C=O) groups is 4. The number of amides is 3. The minimum atomic E-state index is -3.26. The van der Waals surface area contributed by atoms with E-state index in [0.717, 1.165) is 20.8 Å². The van der Waals surface area contributed by atoms with E-state index in [1.165, 1.54) is 6.92 Å². The van der Waals surface area contributed by atoms with Crippen LogP contribution in [0.25, 0.3) is 0 Å². The summed E-state index contributed by atoms with van der Waals surface area (Å²) in [6.45, 7) is -2.26. The van der Waals surface area contributed by atoms with Crippen molar-refractivity contribution in [2.24, 2.45) is 0 Å². The third kappa shape index (κ3) is 16.4. The molecule has 0 spiro atoms. The Balaban J connectivity index is 1.10. The van der Waals surface area contributed by atoms with Crippen molar-refractivity contribution in [1.82, 2.24) is 16.0 Å². The number of aliphatic hydroxyl groups is 20. The fraction of sp³-hybridized carbons (Fsp3) is 0.922. The minimum Gasteiger partial charge on any atom is -0.477 e. The molecule has 41 heteroatoms. The van der Waals surface area contributed by atoms with Crippen molar-refractivity contribution < 1.29 is 188 Å². The van der Waals surface area contributed by atoms with Gasteiger partial charge >= 0.3 is 5.97 Å². The van der Waals surface area contributed by atoms with Crippen LogP contribution in [0.3, 0.4) is 0 Å². The number of aliphatic hydroxyl groups excluding tert-OH is 20. The first-order valence-electron chi connectivity index (χ1n) is 29.1. The molecule has 0 aromatic carbocycles. The number of rotatable bonds is 24. The zero-order valence-electron chi connectivity index (χ0n) is 49.5. The van der Waals surface area contributed by atoms with Crippen LogP contribution in [-0.2, 0) is 80.8 Å². The van der Waals surface area contributed by atoms with Gasteiger partial charge in [0.1, 0.15) is 159 Å². The van der Waals surface area contributed by atoms with Crippen molar-refractivity contribution in [3.8, 4) is 0 Å². The van der Waals surface area contributed by atoms with Crippen LogP contribution in [0.1, 0.15) is 34.1 Å². The van der Waals surface area contributed by atoms with Crippen LogP contribution in [0.5, 0.6) is 0 Å². The summed E-state index contributed by atoms with van der Waals surface area (Å²) in [5, 5.41) is 236. The molecule has 0 saturated carbocycles. The molecule has 532 valence electrons. The summed E-state index contributed by atoms with van der Waals surface area (Å²) in [7, 11) is 0. The van der Waals surface area contributed by atoms with Gasteiger partial charge in [-0.25, -0.2) is 4.79 Å². The molecule has 0 bridgehead atoms. The van der Waals surface area contributed by atoms with E-state index in [-0.39, 0.29) is 0 Å². The lowest BCUT2D eigenvalue weighted by atomic mass is 9.88. The van der Waals surface area contributed by atoms with Crippen LogP contribution in [0.15, 0.2) is 0 Å². The molecule has 0 aromatic rings. The van der Waals surface area contributed by atoms with Crippen molar-refractivity contribution in [2.75, 3.05) is 39.6 Å². The van der Waals surface area contributed by atoms with Crippen molar-refractivity contribution in [3.05, 3.63) is 0 Å². The first-order chi connectivity index (χ1) is 43.3. The van der Waals surface area contributed by atoms with E-state index in [1.807, 2.05) is 0 Å².